The molecule has 2 aromatic carbocycles. The van der Waals surface area contributed by atoms with E-state index >= 15 is 0 Å². The van der Waals surface area contributed by atoms with E-state index in [4.69, 9.17) is 0 Å². The van der Waals surface area contributed by atoms with Crippen molar-refractivity contribution in [2.24, 2.45) is 4.99 Å². The summed E-state index contributed by atoms with van der Waals surface area (Å²) in [4.78, 5) is 28.5. The topological polar surface area (TPSA) is 82.6 Å². The van der Waals surface area contributed by atoms with E-state index in [1.807, 2.05) is 49.4 Å². The summed E-state index contributed by atoms with van der Waals surface area (Å²) in [6.45, 7) is 1.99. The number of hydrogen-bond acceptors (Lipinski definition) is 4. The molecule has 122 valence electrons. The Morgan fingerprint density at radius 3 is 2.50 bits per heavy atom. The van der Waals surface area contributed by atoms with Gasteiger partial charge in [-0.2, -0.15) is 0 Å². The molecule has 1 unspecified atom stereocenters. The second-order valence-corrected chi connectivity index (χ2v) is 5.59. The molecule has 0 radical (unpaired) electrons. The van der Waals surface area contributed by atoms with Crippen LogP contribution in [0.3, 0.4) is 0 Å². The van der Waals surface area contributed by atoms with Gasteiger partial charge in [0.25, 0.3) is 0 Å². The molecule has 1 atom stereocenters. The van der Waals surface area contributed by atoms with Gasteiger partial charge in [0.1, 0.15) is 6.04 Å². The van der Waals surface area contributed by atoms with E-state index in [1.54, 1.807) is 12.1 Å². The Hall–Kier alpha value is -3.15. The van der Waals surface area contributed by atoms with Crippen LogP contribution in [0, 0.1) is 6.92 Å². The molecule has 24 heavy (non-hydrogen) atoms. The largest absolute Gasteiger partial charge is 0.326 e. The third-order valence-electron chi connectivity index (χ3n) is 3.58. The van der Waals surface area contributed by atoms with Crippen molar-refractivity contribution < 1.29 is 9.59 Å². The summed E-state index contributed by atoms with van der Waals surface area (Å²) in [5, 5.41) is 8.44. The first-order valence-corrected chi connectivity index (χ1v) is 7.67. The average molecular weight is 322 g/mol. The van der Waals surface area contributed by atoms with Crippen molar-refractivity contribution in [2.75, 3.05) is 10.6 Å². The number of aliphatic imine (C=N–C) groups is 1. The summed E-state index contributed by atoms with van der Waals surface area (Å²) in [5.41, 5.74) is 2.61. The van der Waals surface area contributed by atoms with Crippen LogP contribution >= 0.6 is 0 Å². The molecule has 6 nitrogen and oxygen atoms in total. The van der Waals surface area contributed by atoms with Gasteiger partial charge in [0, 0.05) is 11.4 Å². The Morgan fingerprint density at radius 1 is 1.08 bits per heavy atom. The number of amides is 2. The van der Waals surface area contributed by atoms with E-state index in [9.17, 15) is 9.59 Å². The summed E-state index contributed by atoms with van der Waals surface area (Å²) >= 11 is 0. The number of anilines is 2. The maximum Gasteiger partial charge on any atom is 0.249 e. The molecule has 0 fully saturated rings. The minimum absolute atomic E-state index is 0.0255. The van der Waals surface area contributed by atoms with E-state index in [-0.39, 0.29) is 24.2 Å². The van der Waals surface area contributed by atoms with Gasteiger partial charge in [-0.25, -0.2) is 4.99 Å². The van der Waals surface area contributed by atoms with Crippen molar-refractivity contribution in [1.82, 2.24) is 5.32 Å². The Morgan fingerprint density at radius 2 is 1.79 bits per heavy atom. The van der Waals surface area contributed by atoms with Crippen LogP contribution in [0.2, 0.25) is 0 Å². The van der Waals surface area contributed by atoms with Crippen LogP contribution in [0.1, 0.15) is 12.0 Å². The Balaban J connectivity index is 1.72. The van der Waals surface area contributed by atoms with E-state index < -0.39 is 6.04 Å². The maximum absolute atomic E-state index is 12.3. The van der Waals surface area contributed by atoms with Crippen molar-refractivity contribution in [3.8, 4) is 0 Å². The molecule has 0 saturated carbocycles. The number of aryl methyl sites for hydroxylation is 1. The highest BCUT2D eigenvalue weighted by Gasteiger charge is 2.27. The fraction of sp³-hybridized carbons (Fsp3) is 0.167. The molecule has 6 heteroatoms. The van der Waals surface area contributed by atoms with Crippen molar-refractivity contribution in [1.29, 1.82) is 0 Å². The van der Waals surface area contributed by atoms with Crippen molar-refractivity contribution in [3.05, 3.63) is 60.2 Å². The first-order valence-electron chi connectivity index (χ1n) is 7.67. The molecule has 0 spiro atoms. The predicted molar refractivity (Wildman–Crippen MR) is 93.9 cm³/mol. The molecule has 3 N–H and O–H groups in total. The van der Waals surface area contributed by atoms with Gasteiger partial charge in [0.15, 0.2) is 0 Å². The second-order valence-electron chi connectivity index (χ2n) is 5.59. The Labute approximate surface area is 140 Å². The Kier molecular flexibility index (Phi) is 4.56. The number of nitrogens with zero attached hydrogens (tertiary/aromatic N) is 1. The fourth-order valence-corrected chi connectivity index (χ4v) is 2.33. The molecule has 3 rings (SSSR count). The molecule has 2 amide bonds. The first kappa shape index (κ1) is 15.7. The summed E-state index contributed by atoms with van der Waals surface area (Å²) in [6.07, 6.45) is 0.0255. The molecular weight excluding hydrogens is 304 g/mol. The molecule has 1 aliphatic heterocycles. The van der Waals surface area contributed by atoms with Gasteiger partial charge in [0.05, 0.1) is 6.42 Å². The number of rotatable bonds is 3. The van der Waals surface area contributed by atoms with Crippen LogP contribution < -0.4 is 16.0 Å². The number of carbonyl (C=O) groups excluding carboxylic acids is 2. The van der Waals surface area contributed by atoms with E-state index in [0.29, 0.717) is 5.69 Å². The summed E-state index contributed by atoms with van der Waals surface area (Å²) < 4.78 is 0. The predicted octanol–water partition coefficient (Wildman–Crippen LogP) is 2.29. The lowest BCUT2D eigenvalue weighted by atomic mass is 10.1. The Bertz CT molecular complexity index is 769. The van der Waals surface area contributed by atoms with Crippen LogP contribution in [0.15, 0.2) is 59.6 Å². The minimum Gasteiger partial charge on any atom is -0.326 e. The summed E-state index contributed by atoms with van der Waals surface area (Å²) in [6, 6.07) is 16.0. The fourth-order valence-electron chi connectivity index (χ4n) is 2.33. The van der Waals surface area contributed by atoms with Crippen LogP contribution in [-0.4, -0.2) is 23.8 Å². The lowest BCUT2D eigenvalue weighted by Crippen LogP contribution is -2.45. The quantitative estimate of drug-likeness (QED) is 0.811. The second kappa shape index (κ2) is 6.95. The van der Waals surface area contributed by atoms with E-state index in [0.717, 1.165) is 11.3 Å². The lowest BCUT2D eigenvalue weighted by Gasteiger charge is -2.21. The highest BCUT2D eigenvalue weighted by Crippen LogP contribution is 2.13. The average Bonchev–Trinajstić information content (AvgIpc) is 2.57. The normalized spacial score (nSPS) is 16.8. The van der Waals surface area contributed by atoms with Gasteiger partial charge in [-0.15, -0.1) is 0 Å². The van der Waals surface area contributed by atoms with Crippen molar-refractivity contribution in [3.63, 3.8) is 0 Å². The molecule has 2 aromatic rings. The van der Waals surface area contributed by atoms with E-state index in [2.05, 4.69) is 20.9 Å². The highest BCUT2D eigenvalue weighted by atomic mass is 16.2. The summed E-state index contributed by atoms with van der Waals surface area (Å²) in [5.74, 6) is -0.268. The molecule has 1 heterocycles. The van der Waals surface area contributed by atoms with Gasteiger partial charge in [-0.05, 0) is 31.2 Å². The molecular formula is C18H18N4O2. The van der Waals surface area contributed by atoms with Crippen LogP contribution in [0.25, 0.3) is 0 Å². The van der Waals surface area contributed by atoms with Gasteiger partial charge >= 0.3 is 0 Å². The molecule has 0 bridgehead atoms. The van der Waals surface area contributed by atoms with Crippen molar-refractivity contribution in [2.45, 2.75) is 19.4 Å². The number of carbonyl (C=O) groups is 2. The number of hydrogen-bond donors (Lipinski definition) is 3. The third-order valence-corrected chi connectivity index (χ3v) is 3.58. The standard InChI is InChI=1S/C18H18N4O2/c1-12-7-9-14(10-8-12)20-18-21-15(11-16(23)22-18)17(24)19-13-5-3-2-4-6-13/h2-10,15H,11H2,1H3,(H,19,24)(H2,20,21,22,23). The zero-order valence-electron chi connectivity index (χ0n) is 13.2. The van der Waals surface area contributed by atoms with Gasteiger partial charge < -0.3 is 10.6 Å². The number of nitrogens with one attached hydrogen (secondary N) is 3. The van der Waals surface area contributed by atoms with Gasteiger partial charge in [-0.3, -0.25) is 14.9 Å². The molecule has 1 aliphatic rings. The molecule has 0 aliphatic carbocycles. The minimum atomic E-state index is -0.757. The zero-order valence-corrected chi connectivity index (χ0v) is 13.2. The van der Waals surface area contributed by atoms with Gasteiger partial charge in [0.2, 0.25) is 17.8 Å². The number of benzene rings is 2. The third kappa shape index (κ3) is 3.98. The molecule has 0 aromatic heterocycles. The van der Waals surface area contributed by atoms with Gasteiger partial charge in [-0.1, -0.05) is 35.9 Å². The lowest BCUT2D eigenvalue weighted by molar-refractivity contribution is -0.124. The zero-order chi connectivity index (χ0) is 16.9. The first-order chi connectivity index (χ1) is 11.6. The summed E-state index contributed by atoms with van der Waals surface area (Å²) in [7, 11) is 0. The molecule has 0 saturated heterocycles. The van der Waals surface area contributed by atoms with Crippen LogP contribution in [0.5, 0.6) is 0 Å². The van der Waals surface area contributed by atoms with E-state index in [1.165, 1.54) is 0 Å². The van der Waals surface area contributed by atoms with Crippen molar-refractivity contribution >= 4 is 29.1 Å². The number of para-hydroxylation sites is 1. The smallest absolute Gasteiger partial charge is 0.249 e. The maximum atomic E-state index is 12.3. The highest BCUT2D eigenvalue weighted by molar-refractivity contribution is 6.09. The van der Waals surface area contributed by atoms with Crippen LogP contribution in [0.4, 0.5) is 11.4 Å². The van der Waals surface area contributed by atoms with Crippen LogP contribution in [-0.2, 0) is 9.59 Å². The monoisotopic (exact) mass is 322 g/mol. The SMILES string of the molecule is Cc1ccc(NC2=NC(C(=O)Nc3ccccc3)CC(=O)N2)cc1. The number of guanidine groups is 1.